The van der Waals surface area contributed by atoms with Crippen LogP contribution in [0.5, 0.6) is 11.5 Å². The van der Waals surface area contributed by atoms with Gasteiger partial charge in [0.2, 0.25) is 5.79 Å². The van der Waals surface area contributed by atoms with Crippen molar-refractivity contribution in [2.45, 2.75) is 88.2 Å². The van der Waals surface area contributed by atoms with Crippen molar-refractivity contribution in [1.82, 2.24) is 0 Å². The van der Waals surface area contributed by atoms with Crippen molar-refractivity contribution in [3.05, 3.63) is 182 Å². The average Bonchev–Trinajstić information content (AvgIpc) is 3.33. The molecule has 2 saturated heterocycles. The number of aryl methyl sites for hydroxylation is 1. The van der Waals surface area contributed by atoms with Crippen LogP contribution in [0.2, 0.25) is 0 Å². The van der Waals surface area contributed by atoms with E-state index in [2.05, 4.69) is 16.6 Å². The van der Waals surface area contributed by atoms with Crippen molar-refractivity contribution in [1.29, 1.82) is 0 Å². The van der Waals surface area contributed by atoms with E-state index < -0.39 is 48.1 Å². The molecule has 6 atom stereocenters. The summed E-state index contributed by atoms with van der Waals surface area (Å²) in [7, 11) is 4.50. The summed E-state index contributed by atoms with van der Waals surface area (Å²) in [4.78, 5) is 3.33. The van der Waals surface area contributed by atoms with E-state index in [1.165, 1.54) is 14.2 Å². The van der Waals surface area contributed by atoms with Gasteiger partial charge in [-0.1, -0.05) is 115 Å². The SMILES string of the molecule is C=C(c1c(OC)cc(C)cc1C1OCCCO1)C1(O)c2c([C@H]3O[C@@H](C)[C@@H](OCc4ccccc4)[C@@H](N=[N+]=[N-])[C@@H]3OCc3ccccc3)ccc(OCc3ccccc3)c2C1(OC)OC. The molecule has 1 aliphatic carbocycles. The first-order valence-corrected chi connectivity index (χ1v) is 21.5. The second-order valence-electron chi connectivity index (χ2n) is 16.2. The molecule has 5 aromatic carbocycles. The largest absolute Gasteiger partial charge is 0.496 e. The van der Waals surface area contributed by atoms with Crippen LogP contribution in [0.3, 0.4) is 0 Å². The zero-order valence-corrected chi connectivity index (χ0v) is 36.8. The molecule has 2 heterocycles. The van der Waals surface area contributed by atoms with Crippen molar-refractivity contribution in [3.8, 4) is 11.5 Å². The topological polar surface area (TPSA) is 152 Å². The van der Waals surface area contributed by atoms with E-state index in [0.29, 0.717) is 52.5 Å². The first-order chi connectivity index (χ1) is 31.2. The van der Waals surface area contributed by atoms with Gasteiger partial charge in [0.05, 0.1) is 63.5 Å². The Morgan fingerprint density at radius 2 is 1.34 bits per heavy atom. The maximum atomic E-state index is 13.9. The van der Waals surface area contributed by atoms with Gasteiger partial charge in [0.1, 0.15) is 24.2 Å². The lowest BCUT2D eigenvalue weighted by atomic mass is 9.59. The third-order valence-electron chi connectivity index (χ3n) is 12.4. The Morgan fingerprint density at radius 1 is 0.766 bits per heavy atom. The minimum atomic E-state index is -2.15. The summed E-state index contributed by atoms with van der Waals surface area (Å²) < 4.78 is 58.1. The van der Waals surface area contributed by atoms with Crippen LogP contribution in [0.25, 0.3) is 16.0 Å². The van der Waals surface area contributed by atoms with Crippen molar-refractivity contribution in [2.24, 2.45) is 5.11 Å². The number of nitrogens with zero attached hydrogens (tertiary/aromatic N) is 3. The number of benzene rings is 5. The fourth-order valence-corrected chi connectivity index (χ4v) is 9.35. The molecule has 1 unspecified atom stereocenters. The van der Waals surface area contributed by atoms with Gasteiger partial charge >= 0.3 is 0 Å². The monoisotopic (exact) mass is 869 g/mol. The van der Waals surface area contributed by atoms with Gasteiger partial charge in [0, 0.05) is 35.8 Å². The number of hydrogen-bond donors (Lipinski definition) is 1. The second kappa shape index (κ2) is 19.7. The van der Waals surface area contributed by atoms with E-state index in [1.807, 2.05) is 129 Å². The number of rotatable bonds is 17. The quantitative estimate of drug-likeness (QED) is 0.0414. The lowest BCUT2D eigenvalue weighted by molar-refractivity contribution is -0.322. The van der Waals surface area contributed by atoms with Gasteiger partial charge in [-0.2, -0.15) is 0 Å². The first kappa shape index (κ1) is 45.0. The van der Waals surface area contributed by atoms with Crippen LogP contribution in [0, 0.1) is 6.92 Å². The minimum Gasteiger partial charge on any atom is -0.496 e. The fraction of sp³-hybridized carbons (Fsp3) is 0.373. The molecule has 0 aromatic heterocycles. The van der Waals surface area contributed by atoms with Crippen molar-refractivity contribution in [2.75, 3.05) is 34.5 Å². The van der Waals surface area contributed by atoms with E-state index >= 15 is 0 Å². The molecule has 334 valence electrons. The van der Waals surface area contributed by atoms with Crippen LogP contribution in [0.15, 0.2) is 127 Å². The fourth-order valence-electron chi connectivity index (χ4n) is 9.35. The zero-order valence-electron chi connectivity index (χ0n) is 36.8. The van der Waals surface area contributed by atoms with Crippen molar-refractivity contribution in [3.63, 3.8) is 0 Å². The number of methoxy groups -OCH3 is 3. The maximum absolute atomic E-state index is 13.9. The highest BCUT2D eigenvalue weighted by molar-refractivity contribution is 5.85. The van der Waals surface area contributed by atoms with Crippen molar-refractivity contribution >= 4 is 5.57 Å². The molecular formula is C51H55N3O10. The lowest BCUT2D eigenvalue weighted by Gasteiger charge is -2.57. The van der Waals surface area contributed by atoms with E-state index in [9.17, 15) is 10.6 Å². The van der Waals surface area contributed by atoms with E-state index in [-0.39, 0.29) is 25.4 Å². The Hall–Kier alpha value is -5.57. The van der Waals surface area contributed by atoms with Crippen LogP contribution < -0.4 is 9.47 Å². The van der Waals surface area contributed by atoms with E-state index in [1.54, 1.807) is 7.11 Å². The van der Waals surface area contributed by atoms with E-state index in [0.717, 1.165) is 28.7 Å². The Kier molecular flexibility index (Phi) is 13.8. The molecule has 0 saturated carbocycles. The highest BCUT2D eigenvalue weighted by Crippen LogP contribution is 2.67. The number of ether oxygens (including phenoxy) is 9. The Morgan fingerprint density at radius 3 is 1.91 bits per heavy atom. The summed E-state index contributed by atoms with van der Waals surface area (Å²) in [5.41, 5.74) is 14.2. The number of aliphatic hydroxyl groups is 1. The van der Waals surface area contributed by atoms with Crippen LogP contribution in [0.4, 0.5) is 0 Å². The molecule has 0 amide bonds. The molecule has 2 fully saturated rings. The lowest BCUT2D eigenvalue weighted by Crippen LogP contribution is -2.63. The van der Waals surface area contributed by atoms with Gasteiger partial charge < -0.3 is 47.7 Å². The highest BCUT2D eigenvalue weighted by Gasteiger charge is 2.70. The smallest absolute Gasteiger partial charge is 0.237 e. The second-order valence-corrected chi connectivity index (χ2v) is 16.2. The molecule has 0 spiro atoms. The molecule has 0 bridgehead atoms. The molecule has 13 nitrogen and oxygen atoms in total. The summed E-state index contributed by atoms with van der Waals surface area (Å²) in [5.74, 6) is -1.04. The predicted molar refractivity (Wildman–Crippen MR) is 239 cm³/mol. The summed E-state index contributed by atoms with van der Waals surface area (Å²) >= 11 is 0. The Balaban J connectivity index is 1.31. The molecule has 0 radical (unpaired) electrons. The zero-order chi connectivity index (χ0) is 44.8. The number of fused-ring (bicyclic) bond motifs is 1. The number of azide groups is 1. The van der Waals surface area contributed by atoms with Crippen LogP contribution in [-0.4, -0.2) is 64.0 Å². The third kappa shape index (κ3) is 8.31. The summed E-state index contributed by atoms with van der Waals surface area (Å²) in [6.45, 7) is 10.0. The van der Waals surface area contributed by atoms with Gasteiger partial charge in [-0.25, -0.2) is 0 Å². The molecule has 5 aromatic rings. The van der Waals surface area contributed by atoms with Gasteiger partial charge in [0.15, 0.2) is 11.9 Å². The van der Waals surface area contributed by atoms with Gasteiger partial charge in [0.25, 0.3) is 0 Å². The summed E-state index contributed by atoms with van der Waals surface area (Å²) in [6.07, 6.45) is -3.25. The molecule has 1 N–H and O–H groups in total. The maximum Gasteiger partial charge on any atom is 0.237 e. The normalized spacial score (nSPS) is 23.9. The molecular weight excluding hydrogens is 815 g/mol. The molecule has 3 aliphatic rings. The van der Waals surface area contributed by atoms with Crippen molar-refractivity contribution < 1.29 is 47.7 Å². The first-order valence-electron chi connectivity index (χ1n) is 21.5. The minimum absolute atomic E-state index is 0.158. The van der Waals surface area contributed by atoms with Gasteiger partial charge in [-0.15, -0.1) is 0 Å². The molecule has 13 heteroatoms. The summed E-state index contributed by atoms with van der Waals surface area (Å²) in [5, 5.41) is 18.2. The van der Waals surface area contributed by atoms with Gasteiger partial charge in [-0.05, 0) is 71.3 Å². The van der Waals surface area contributed by atoms with Gasteiger partial charge in [-0.3, -0.25) is 0 Å². The molecule has 2 aliphatic heterocycles. The Labute approximate surface area is 374 Å². The van der Waals surface area contributed by atoms with E-state index in [4.69, 9.17) is 42.6 Å². The third-order valence-corrected chi connectivity index (χ3v) is 12.4. The summed E-state index contributed by atoms with van der Waals surface area (Å²) in [6, 6.07) is 35.8. The standard InChI is InChI=1S/C51H55N3O10/c1-32-27-39(49-59-25-16-26-60-49)42(41(28-32)56-4)33(2)50(55)43-38(23-24-40(44(43)51(50,57-5)58-6)61-29-35-17-10-7-11-18-35)47-48(63-31-37-21-14-9-15-22-37)45(53-54-52)46(34(3)64-47)62-30-36-19-12-8-13-20-36/h7-15,17-24,27-28,34,45-49,55H,2,16,25-26,29-31H2,1,3-6H3/t34-,45+,46+,47+,48-,50?/m0/s1. The van der Waals surface area contributed by atoms with Crippen LogP contribution in [-0.2, 0) is 64.4 Å². The Bertz CT molecular complexity index is 2440. The predicted octanol–water partition coefficient (Wildman–Crippen LogP) is 9.69. The number of hydrogen-bond acceptors (Lipinski definition) is 11. The molecule has 64 heavy (non-hydrogen) atoms. The highest BCUT2D eigenvalue weighted by atomic mass is 16.7. The average molecular weight is 870 g/mol. The molecule has 8 rings (SSSR count). The van der Waals surface area contributed by atoms with Crippen LogP contribution >= 0.6 is 0 Å². The van der Waals surface area contributed by atoms with Crippen LogP contribution in [0.1, 0.15) is 75.8 Å².